The number of rotatable bonds is 3. The molecule has 0 fully saturated rings. The molecule has 0 aliphatic carbocycles. The van der Waals surface area contributed by atoms with Crippen LogP contribution in [0.15, 0.2) is 0 Å². The fourth-order valence-electron chi connectivity index (χ4n) is 1.72. The quantitative estimate of drug-likeness (QED) is 0.802. The lowest BCUT2D eigenvalue weighted by Gasteiger charge is -2.03. The van der Waals surface area contributed by atoms with Gasteiger partial charge in [-0.25, -0.2) is 4.98 Å². The highest BCUT2D eigenvalue weighted by molar-refractivity contribution is 7.18. The smallest absolute Gasteiger partial charge is 0.237 e. The van der Waals surface area contributed by atoms with Gasteiger partial charge in [0.25, 0.3) is 0 Å². The number of fused-ring (bicyclic) bond motifs is 1. The lowest BCUT2D eigenvalue weighted by atomic mass is 10.2. The minimum Gasteiger partial charge on any atom is -0.544 e. The number of aryl methyl sites for hydroxylation is 3. The Balaban J connectivity index is 2.55. The van der Waals surface area contributed by atoms with Crippen molar-refractivity contribution in [1.82, 2.24) is 9.97 Å². The van der Waals surface area contributed by atoms with Crippen molar-refractivity contribution in [2.45, 2.75) is 20.8 Å². The van der Waals surface area contributed by atoms with Crippen LogP contribution < -0.4 is 10.4 Å². The average molecular weight is 251 g/mol. The van der Waals surface area contributed by atoms with E-state index in [0.717, 1.165) is 15.8 Å². The lowest BCUT2D eigenvalue weighted by molar-refractivity contribution is -0.571. The van der Waals surface area contributed by atoms with Gasteiger partial charge >= 0.3 is 0 Å². The van der Waals surface area contributed by atoms with E-state index in [-0.39, 0.29) is 6.54 Å². The minimum atomic E-state index is -1.10. The summed E-state index contributed by atoms with van der Waals surface area (Å²) < 4.78 is 0. The molecule has 0 spiro atoms. The Morgan fingerprint density at radius 2 is 2.06 bits per heavy atom. The summed E-state index contributed by atoms with van der Waals surface area (Å²) in [6.45, 7) is 5.71. The van der Waals surface area contributed by atoms with Crippen LogP contribution in [-0.4, -0.2) is 22.5 Å². The number of nitrogens with two attached hydrogens (primary N) is 1. The molecule has 0 aromatic carbocycles. The fourth-order valence-corrected chi connectivity index (χ4v) is 2.80. The summed E-state index contributed by atoms with van der Waals surface area (Å²) in [4.78, 5) is 21.3. The molecule has 0 aliphatic heterocycles. The zero-order valence-electron chi connectivity index (χ0n) is 9.90. The summed E-state index contributed by atoms with van der Waals surface area (Å²) in [5.41, 5.74) is 1.12. The highest BCUT2D eigenvalue weighted by Crippen LogP contribution is 2.31. The summed E-state index contributed by atoms with van der Waals surface area (Å²) in [7, 11) is 0. The standard InChI is InChI=1S/C11H13N3O2S/c1-5-6(2)17-11-9(5)10(12-4-8(15)16)13-7(3)14-11/h4H2,1-3H3,(H,15,16)(H,12,13,14). The van der Waals surface area contributed by atoms with E-state index in [9.17, 15) is 9.90 Å². The number of carboxylic acid groups (broad SMARTS) is 1. The van der Waals surface area contributed by atoms with Gasteiger partial charge in [0, 0.05) is 4.88 Å². The molecule has 0 saturated carbocycles. The Morgan fingerprint density at radius 3 is 2.71 bits per heavy atom. The van der Waals surface area contributed by atoms with Crippen LogP contribution in [0.5, 0.6) is 0 Å². The van der Waals surface area contributed by atoms with Crippen LogP contribution in [0.1, 0.15) is 16.3 Å². The molecular weight excluding hydrogens is 238 g/mol. The molecule has 0 aliphatic rings. The van der Waals surface area contributed by atoms with Gasteiger partial charge in [0.1, 0.15) is 17.2 Å². The molecule has 0 unspecified atom stereocenters. The third-order valence-electron chi connectivity index (χ3n) is 2.63. The van der Waals surface area contributed by atoms with E-state index in [1.807, 2.05) is 13.8 Å². The molecule has 2 N–H and O–H groups in total. The number of carbonyl (C=O) groups is 1. The van der Waals surface area contributed by atoms with Crippen LogP contribution in [0, 0.1) is 20.8 Å². The molecule has 2 heterocycles. The van der Waals surface area contributed by atoms with E-state index in [1.54, 1.807) is 23.6 Å². The van der Waals surface area contributed by atoms with Gasteiger partial charge in [-0.2, -0.15) is 4.98 Å². The van der Waals surface area contributed by atoms with Gasteiger partial charge in [0.05, 0.1) is 11.4 Å². The van der Waals surface area contributed by atoms with Crippen molar-refractivity contribution < 1.29 is 15.2 Å². The molecular formula is C11H13N3O2S. The predicted molar refractivity (Wildman–Crippen MR) is 63.1 cm³/mol. The number of quaternary nitrogens is 1. The second-order valence-corrected chi connectivity index (χ2v) is 5.10. The number of carboxylic acids is 1. The Kier molecular flexibility index (Phi) is 3.08. The maximum atomic E-state index is 10.5. The van der Waals surface area contributed by atoms with Crippen molar-refractivity contribution >= 4 is 33.3 Å². The first-order chi connectivity index (χ1) is 7.99. The summed E-state index contributed by atoms with van der Waals surface area (Å²) >= 11 is 1.61. The molecule has 17 heavy (non-hydrogen) atoms. The third kappa shape index (κ3) is 2.27. The molecule has 2 rings (SSSR count). The maximum Gasteiger partial charge on any atom is 0.237 e. The molecule has 0 bridgehead atoms. The first-order valence-electron chi connectivity index (χ1n) is 5.26. The first-order valence-corrected chi connectivity index (χ1v) is 6.08. The monoisotopic (exact) mass is 251 g/mol. The molecule has 0 saturated heterocycles. The van der Waals surface area contributed by atoms with Gasteiger partial charge in [0.2, 0.25) is 5.82 Å². The normalized spacial score (nSPS) is 11.0. The Morgan fingerprint density at radius 1 is 1.35 bits per heavy atom. The van der Waals surface area contributed by atoms with Crippen molar-refractivity contribution in [3.05, 3.63) is 16.3 Å². The molecule has 5 nitrogen and oxygen atoms in total. The largest absolute Gasteiger partial charge is 0.544 e. The lowest BCUT2D eigenvalue weighted by Crippen LogP contribution is -2.81. The van der Waals surface area contributed by atoms with Crippen molar-refractivity contribution in [3.8, 4) is 0 Å². The summed E-state index contributed by atoms with van der Waals surface area (Å²) in [5.74, 6) is 0.251. The average Bonchev–Trinajstić information content (AvgIpc) is 2.51. The SMILES string of the molecule is Cc1nc([NH2+]CC(=O)[O-])c2c(C)c(C)sc2n1. The number of carbonyl (C=O) groups excluding carboxylic acids is 1. The number of hydrogen-bond donors (Lipinski definition) is 1. The van der Waals surface area contributed by atoms with E-state index >= 15 is 0 Å². The first kappa shape index (κ1) is 11.9. The van der Waals surface area contributed by atoms with Gasteiger partial charge in [-0.3, -0.25) is 5.32 Å². The van der Waals surface area contributed by atoms with Gasteiger partial charge < -0.3 is 9.90 Å². The van der Waals surface area contributed by atoms with Crippen LogP contribution in [0.2, 0.25) is 0 Å². The number of hydrogen-bond acceptors (Lipinski definition) is 5. The van der Waals surface area contributed by atoms with Crippen LogP contribution in [0.25, 0.3) is 10.2 Å². The van der Waals surface area contributed by atoms with Gasteiger partial charge in [-0.15, -0.1) is 11.3 Å². The predicted octanol–water partition coefficient (Wildman–Crippen LogP) is -0.439. The van der Waals surface area contributed by atoms with Crippen LogP contribution >= 0.6 is 11.3 Å². The number of thiophene rings is 1. The van der Waals surface area contributed by atoms with Crippen molar-refractivity contribution in [1.29, 1.82) is 0 Å². The van der Waals surface area contributed by atoms with E-state index in [4.69, 9.17) is 0 Å². The molecule has 0 amide bonds. The molecule has 2 aromatic rings. The Hall–Kier alpha value is -1.53. The molecule has 6 heteroatoms. The summed E-state index contributed by atoms with van der Waals surface area (Å²) in [6, 6.07) is 0. The van der Waals surface area contributed by atoms with Gasteiger partial charge in [0.15, 0.2) is 0 Å². The fraction of sp³-hybridized carbons (Fsp3) is 0.364. The zero-order chi connectivity index (χ0) is 12.6. The van der Waals surface area contributed by atoms with Crippen molar-refractivity contribution in [2.24, 2.45) is 0 Å². The minimum absolute atomic E-state index is 0.125. The molecule has 2 aromatic heterocycles. The third-order valence-corrected chi connectivity index (χ3v) is 3.73. The zero-order valence-corrected chi connectivity index (χ0v) is 10.7. The van der Waals surface area contributed by atoms with Crippen LogP contribution in [-0.2, 0) is 4.79 Å². The molecule has 90 valence electrons. The van der Waals surface area contributed by atoms with E-state index < -0.39 is 5.97 Å². The number of aromatic nitrogens is 2. The Labute approximate surface area is 103 Å². The maximum absolute atomic E-state index is 10.5. The van der Waals surface area contributed by atoms with E-state index in [0.29, 0.717) is 11.6 Å². The van der Waals surface area contributed by atoms with Crippen LogP contribution in [0.3, 0.4) is 0 Å². The highest BCUT2D eigenvalue weighted by atomic mass is 32.1. The van der Waals surface area contributed by atoms with Gasteiger partial charge in [-0.1, -0.05) is 0 Å². The van der Waals surface area contributed by atoms with Crippen LogP contribution in [0.4, 0.5) is 5.82 Å². The van der Waals surface area contributed by atoms with Gasteiger partial charge in [-0.05, 0) is 26.3 Å². The van der Waals surface area contributed by atoms with Crippen molar-refractivity contribution in [2.75, 3.05) is 6.54 Å². The van der Waals surface area contributed by atoms with E-state index in [1.165, 1.54) is 4.88 Å². The topological polar surface area (TPSA) is 82.5 Å². The summed E-state index contributed by atoms with van der Waals surface area (Å²) in [6.07, 6.45) is 0. The van der Waals surface area contributed by atoms with Crippen molar-refractivity contribution in [3.63, 3.8) is 0 Å². The summed E-state index contributed by atoms with van der Waals surface area (Å²) in [5, 5.41) is 13.0. The number of aliphatic carboxylic acids is 1. The number of nitrogens with zero attached hydrogens (tertiary/aromatic N) is 2. The second kappa shape index (κ2) is 4.38. The van der Waals surface area contributed by atoms with E-state index in [2.05, 4.69) is 9.97 Å². The highest BCUT2D eigenvalue weighted by Gasteiger charge is 2.15. The second-order valence-electron chi connectivity index (χ2n) is 3.90. The molecule has 0 radical (unpaired) electrons. The molecule has 0 atom stereocenters. The Bertz CT molecular complexity index is 592.